The Bertz CT molecular complexity index is 722. The molecule has 7 heteroatoms. The topological polar surface area (TPSA) is 47.1 Å². The molecule has 0 bridgehead atoms. The Labute approximate surface area is 146 Å². The molecule has 1 aromatic heterocycles. The maximum absolute atomic E-state index is 5.92. The Kier molecular flexibility index (Phi) is 4.01. The Balaban J connectivity index is 0.00000132. The number of nitrogens with two attached hydrogens (primary N) is 1. The van der Waals surface area contributed by atoms with Crippen LogP contribution in [-0.2, 0) is 13.0 Å². The van der Waals surface area contributed by atoms with Crippen LogP contribution in [0.2, 0.25) is 0 Å². The van der Waals surface area contributed by atoms with E-state index >= 15 is 0 Å². The molecule has 0 aliphatic carbocycles. The van der Waals surface area contributed by atoms with Gasteiger partial charge in [0.1, 0.15) is 0 Å². The minimum Gasteiger partial charge on any atom is -0.339 e. The third-order valence-corrected chi connectivity index (χ3v) is 6.77. The number of anilines is 1. The van der Waals surface area contributed by atoms with Gasteiger partial charge in [-0.05, 0) is 62.8 Å². The Morgan fingerprint density at radius 3 is 2.62 bits per heavy atom. The van der Waals surface area contributed by atoms with Gasteiger partial charge in [-0.1, -0.05) is 0 Å². The summed E-state index contributed by atoms with van der Waals surface area (Å²) in [6, 6.07) is 0.297. The monoisotopic (exact) mass is 434 g/mol. The third kappa shape index (κ3) is 2.14. The van der Waals surface area contributed by atoms with E-state index in [-0.39, 0.29) is 12.4 Å². The molecule has 0 unspecified atom stereocenters. The Morgan fingerprint density at radius 1 is 1.24 bits per heavy atom. The summed E-state index contributed by atoms with van der Waals surface area (Å²) in [5.74, 6) is 1.09. The molecule has 1 aromatic carbocycles. The lowest BCUT2D eigenvalue weighted by atomic mass is 10.0. The lowest BCUT2D eigenvalue weighted by Crippen LogP contribution is -2.56. The zero-order valence-corrected chi connectivity index (χ0v) is 15.7. The summed E-state index contributed by atoms with van der Waals surface area (Å²) in [7, 11) is 0. The van der Waals surface area contributed by atoms with Crippen molar-refractivity contribution < 1.29 is 0 Å². The van der Waals surface area contributed by atoms with Gasteiger partial charge in [-0.3, -0.25) is 0 Å². The van der Waals surface area contributed by atoms with Gasteiger partial charge in [-0.2, -0.15) is 0 Å². The van der Waals surface area contributed by atoms with Gasteiger partial charge in [0, 0.05) is 34.6 Å². The molecule has 0 spiro atoms. The van der Waals surface area contributed by atoms with Crippen molar-refractivity contribution in [3.63, 3.8) is 0 Å². The molecule has 1 fully saturated rings. The number of benzene rings is 1. The third-order valence-electron chi connectivity index (χ3n) is 4.38. The highest BCUT2D eigenvalue weighted by molar-refractivity contribution is 9.13. The van der Waals surface area contributed by atoms with Crippen LogP contribution in [0.1, 0.15) is 17.5 Å². The van der Waals surface area contributed by atoms with Crippen molar-refractivity contribution in [1.82, 2.24) is 9.55 Å². The van der Waals surface area contributed by atoms with Gasteiger partial charge in [0.05, 0.1) is 11.0 Å². The van der Waals surface area contributed by atoms with Crippen LogP contribution in [0.15, 0.2) is 8.95 Å². The fraction of sp³-hybridized carbons (Fsp3) is 0.500. The standard InChI is InChI=1S/C14H16Br2N4.ClH/c1-7-10(15)11(16)9-3-2-4-20-13(9)12(7)18-14(20)19-5-8(17)6-19;/h8H,2-6,17H2,1H3;1H. The molecule has 2 aliphatic rings. The Hall–Kier alpha value is -0.300. The van der Waals surface area contributed by atoms with Gasteiger partial charge in [-0.25, -0.2) is 4.98 Å². The average Bonchev–Trinajstić information content (AvgIpc) is 2.79. The molecule has 2 aliphatic heterocycles. The fourth-order valence-corrected chi connectivity index (χ4v) is 4.40. The second-order valence-corrected chi connectivity index (χ2v) is 7.35. The number of aryl methyl sites for hydroxylation is 3. The zero-order valence-electron chi connectivity index (χ0n) is 11.7. The van der Waals surface area contributed by atoms with Crippen molar-refractivity contribution in [2.45, 2.75) is 32.4 Å². The van der Waals surface area contributed by atoms with Crippen LogP contribution in [0.4, 0.5) is 5.95 Å². The minimum atomic E-state index is 0. The van der Waals surface area contributed by atoms with E-state index in [1.54, 1.807) is 0 Å². The number of halogens is 3. The van der Waals surface area contributed by atoms with E-state index in [4.69, 9.17) is 10.7 Å². The van der Waals surface area contributed by atoms with Gasteiger partial charge < -0.3 is 15.2 Å². The van der Waals surface area contributed by atoms with Crippen LogP contribution in [0, 0.1) is 6.92 Å². The van der Waals surface area contributed by atoms with Crippen LogP contribution in [-0.4, -0.2) is 28.7 Å². The van der Waals surface area contributed by atoms with Gasteiger partial charge in [0.15, 0.2) is 0 Å². The zero-order chi connectivity index (χ0) is 14.0. The summed E-state index contributed by atoms with van der Waals surface area (Å²) >= 11 is 7.44. The van der Waals surface area contributed by atoms with Crippen LogP contribution >= 0.6 is 44.3 Å². The molecule has 0 saturated carbocycles. The number of hydrogen-bond acceptors (Lipinski definition) is 3. The number of imidazole rings is 1. The molecular formula is C14H17Br2ClN4. The quantitative estimate of drug-likeness (QED) is 0.746. The first-order valence-electron chi connectivity index (χ1n) is 6.95. The first-order chi connectivity index (χ1) is 9.58. The molecule has 0 radical (unpaired) electrons. The summed E-state index contributed by atoms with van der Waals surface area (Å²) in [5, 5.41) is 0. The molecule has 0 atom stereocenters. The van der Waals surface area contributed by atoms with Crippen molar-refractivity contribution in [3.05, 3.63) is 20.1 Å². The lowest BCUT2D eigenvalue weighted by Gasteiger charge is -2.38. The van der Waals surface area contributed by atoms with E-state index in [0.29, 0.717) is 6.04 Å². The molecule has 4 rings (SSSR count). The second kappa shape index (κ2) is 5.41. The fourth-order valence-electron chi connectivity index (χ4n) is 3.28. The highest BCUT2D eigenvalue weighted by Gasteiger charge is 2.31. The van der Waals surface area contributed by atoms with Gasteiger partial charge >= 0.3 is 0 Å². The molecule has 2 N–H and O–H groups in total. The highest BCUT2D eigenvalue weighted by Crippen LogP contribution is 2.41. The molecule has 1 saturated heterocycles. The number of hydrogen-bond donors (Lipinski definition) is 1. The van der Waals surface area contributed by atoms with E-state index < -0.39 is 0 Å². The highest BCUT2D eigenvalue weighted by atomic mass is 79.9. The normalized spacial score (nSPS) is 17.8. The van der Waals surface area contributed by atoms with Crippen LogP contribution in [0.3, 0.4) is 0 Å². The largest absolute Gasteiger partial charge is 0.339 e. The molecule has 0 amide bonds. The van der Waals surface area contributed by atoms with Gasteiger partial charge in [0.25, 0.3) is 0 Å². The number of rotatable bonds is 1. The Morgan fingerprint density at radius 2 is 1.95 bits per heavy atom. The van der Waals surface area contributed by atoms with E-state index in [1.807, 2.05) is 0 Å². The van der Waals surface area contributed by atoms with Crippen molar-refractivity contribution in [2.24, 2.45) is 5.73 Å². The maximum Gasteiger partial charge on any atom is 0.206 e. The van der Waals surface area contributed by atoms with E-state index in [9.17, 15) is 0 Å². The smallest absolute Gasteiger partial charge is 0.206 e. The molecule has 3 heterocycles. The molecule has 21 heavy (non-hydrogen) atoms. The molecule has 4 nitrogen and oxygen atoms in total. The van der Waals surface area contributed by atoms with Gasteiger partial charge in [-0.15, -0.1) is 12.4 Å². The van der Waals surface area contributed by atoms with Crippen LogP contribution in [0.5, 0.6) is 0 Å². The molecule has 2 aromatic rings. The van der Waals surface area contributed by atoms with Crippen molar-refractivity contribution in [3.8, 4) is 0 Å². The van der Waals surface area contributed by atoms with Gasteiger partial charge in [0.2, 0.25) is 5.95 Å². The molecule has 114 valence electrons. The van der Waals surface area contributed by atoms with Crippen molar-refractivity contribution >= 4 is 61.2 Å². The first kappa shape index (κ1) is 15.6. The summed E-state index contributed by atoms with van der Waals surface area (Å²) < 4.78 is 4.71. The summed E-state index contributed by atoms with van der Waals surface area (Å²) in [5.41, 5.74) is 10.9. The summed E-state index contributed by atoms with van der Waals surface area (Å²) in [4.78, 5) is 7.22. The number of nitrogens with zero attached hydrogens (tertiary/aromatic N) is 3. The molecular weight excluding hydrogens is 419 g/mol. The predicted octanol–water partition coefficient (Wildman–Crippen LogP) is 3.39. The summed E-state index contributed by atoms with van der Waals surface area (Å²) in [6.07, 6.45) is 2.28. The average molecular weight is 437 g/mol. The van der Waals surface area contributed by atoms with Crippen LogP contribution in [0.25, 0.3) is 11.0 Å². The van der Waals surface area contributed by atoms with E-state index in [1.165, 1.54) is 27.5 Å². The lowest BCUT2D eigenvalue weighted by molar-refractivity contribution is 0.493. The van der Waals surface area contributed by atoms with Crippen molar-refractivity contribution in [2.75, 3.05) is 18.0 Å². The first-order valence-corrected chi connectivity index (χ1v) is 8.53. The van der Waals surface area contributed by atoms with E-state index in [2.05, 4.69) is 48.3 Å². The summed E-state index contributed by atoms with van der Waals surface area (Å²) in [6.45, 7) is 5.02. The second-order valence-electron chi connectivity index (χ2n) is 5.76. The predicted molar refractivity (Wildman–Crippen MR) is 95.6 cm³/mol. The number of aromatic nitrogens is 2. The maximum atomic E-state index is 5.92. The van der Waals surface area contributed by atoms with Crippen molar-refractivity contribution in [1.29, 1.82) is 0 Å². The van der Waals surface area contributed by atoms with E-state index in [0.717, 1.165) is 42.0 Å². The minimum absolute atomic E-state index is 0. The SMILES string of the molecule is Cc1c(Br)c(Br)c2c3c1nc(N1CC(N)C1)n3CCC2.Cl. The van der Waals surface area contributed by atoms with Crippen LogP contribution < -0.4 is 10.6 Å².